The molecule has 1 aromatic rings. The van der Waals surface area contributed by atoms with Gasteiger partial charge in [-0.2, -0.15) is 0 Å². The molecule has 1 amide bonds. The highest BCUT2D eigenvalue weighted by atomic mass is 19.1. The Labute approximate surface area is 114 Å². The van der Waals surface area contributed by atoms with Gasteiger partial charge in [0.2, 0.25) is 5.91 Å². The molecule has 0 aliphatic heterocycles. The number of carbonyl (C=O) groups is 1. The molecule has 2 N–H and O–H groups in total. The van der Waals surface area contributed by atoms with Crippen molar-refractivity contribution < 1.29 is 9.18 Å². The first-order chi connectivity index (χ1) is 9.10. The SMILES string of the molecule is CCC(CN)CC(=O)N(CC)Cc1cccc(F)c1. The third-order valence-electron chi connectivity index (χ3n) is 3.37. The van der Waals surface area contributed by atoms with Crippen molar-refractivity contribution >= 4 is 5.91 Å². The molecule has 0 saturated carbocycles. The Balaban J connectivity index is 2.64. The van der Waals surface area contributed by atoms with Crippen LogP contribution < -0.4 is 5.73 Å². The summed E-state index contributed by atoms with van der Waals surface area (Å²) in [7, 11) is 0. The van der Waals surface area contributed by atoms with E-state index in [4.69, 9.17) is 5.73 Å². The minimum Gasteiger partial charge on any atom is -0.339 e. The van der Waals surface area contributed by atoms with Gasteiger partial charge in [0.25, 0.3) is 0 Å². The van der Waals surface area contributed by atoms with Crippen LogP contribution in [0.2, 0.25) is 0 Å². The van der Waals surface area contributed by atoms with E-state index in [0.717, 1.165) is 12.0 Å². The van der Waals surface area contributed by atoms with Crippen molar-refractivity contribution in [2.45, 2.75) is 33.2 Å². The van der Waals surface area contributed by atoms with E-state index in [1.54, 1.807) is 11.0 Å². The standard InChI is InChI=1S/C15H23FN2O/c1-3-12(10-17)9-15(19)18(4-2)11-13-6-5-7-14(16)8-13/h5-8,12H,3-4,9-11,17H2,1-2H3. The molecule has 0 aliphatic rings. The molecule has 0 saturated heterocycles. The molecule has 0 spiro atoms. The summed E-state index contributed by atoms with van der Waals surface area (Å²) in [5.41, 5.74) is 6.44. The number of nitrogens with two attached hydrogens (primary N) is 1. The molecule has 0 bridgehead atoms. The van der Waals surface area contributed by atoms with E-state index in [-0.39, 0.29) is 17.6 Å². The zero-order valence-corrected chi connectivity index (χ0v) is 11.7. The van der Waals surface area contributed by atoms with Crippen LogP contribution in [-0.2, 0) is 11.3 Å². The van der Waals surface area contributed by atoms with Crippen molar-refractivity contribution in [1.82, 2.24) is 4.90 Å². The van der Waals surface area contributed by atoms with Crippen LogP contribution in [0.25, 0.3) is 0 Å². The molecule has 3 nitrogen and oxygen atoms in total. The number of amides is 1. The Bertz CT molecular complexity index is 405. The number of rotatable bonds is 7. The first-order valence-electron chi connectivity index (χ1n) is 6.82. The number of benzene rings is 1. The van der Waals surface area contributed by atoms with Gasteiger partial charge in [0.05, 0.1) is 0 Å². The monoisotopic (exact) mass is 266 g/mol. The fourth-order valence-electron chi connectivity index (χ4n) is 2.00. The average molecular weight is 266 g/mol. The van der Waals surface area contributed by atoms with Gasteiger partial charge in [-0.15, -0.1) is 0 Å². The van der Waals surface area contributed by atoms with Gasteiger partial charge in [0, 0.05) is 19.5 Å². The maximum absolute atomic E-state index is 13.1. The molecule has 19 heavy (non-hydrogen) atoms. The maximum Gasteiger partial charge on any atom is 0.223 e. The minimum absolute atomic E-state index is 0.0871. The summed E-state index contributed by atoms with van der Waals surface area (Å²) < 4.78 is 13.1. The number of nitrogens with zero attached hydrogens (tertiary/aromatic N) is 1. The third kappa shape index (κ3) is 4.99. The Hall–Kier alpha value is -1.42. The molecular weight excluding hydrogens is 243 g/mol. The number of hydrogen-bond donors (Lipinski definition) is 1. The van der Waals surface area contributed by atoms with Gasteiger partial charge in [-0.25, -0.2) is 4.39 Å². The van der Waals surface area contributed by atoms with Crippen molar-refractivity contribution in [3.8, 4) is 0 Å². The lowest BCUT2D eigenvalue weighted by atomic mass is 10.0. The number of carbonyl (C=O) groups excluding carboxylic acids is 1. The Kier molecular flexibility index (Phi) is 6.50. The van der Waals surface area contributed by atoms with Crippen molar-refractivity contribution in [2.24, 2.45) is 11.7 Å². The van der Waals surface area contributed by atoms with Crippen LogP contribution >= 0.6 is 0 Å². The van der Waals surface area contributed by atoms with Gasteiger partial charge in [0.15, 0.2) is 0 Å². The van der Waals surface area contributed by atoms with E-state index >= 15 is 0 Å². The highest BCUT2D eigenvalue weighted by molar-refractivity contribution is 5.76. The van der Waals surface area contributed by atoms with E-state index in [1.807, 2.05) is 19.9 Å². The van der Waals surface area contributed by atoms with Crippen LogP contribution in [0, 0.1) is 11.7 Å². The molecule has 0 radical (unpaired) electrons. The quantitative estimate of drug-likeness (QED) is 0.824. The van der Waals surface area contributed by atoms with E-state index in [9.17, 15) is 9.18 Å². The Morgan fingerprint density at radius 1 is 1.42 bits per heavy atom. The van der Waals surface area contributed by atoms with Crippen LogP contribution in [0.4, 0.5) is 4.39 Å². The van der Waals surface area contributed by atoms with Crippen molar-refractivity contribution in [2.75, 3.05) is 13.1 Å². The lowest BCUT2D eigenvalue weighted by Crippen LogP contribution is -2.33. The summed E-state index contributed by atoms with van der Waals surface area (Å²) in [4.78, 5) is 13.9. The summed E-state index contributed by atoms with van der Waals surface area (Å²) in [6.07, 6.45) is 1.37. The van der Waals surface area contributed by atoms with E-state index < -0.39 is 0 Å². The Morgan fingerprint density at radius 3 is 2.68 bits per heavy atom. The normalized spacial score (nSPS) is 12.2. The molecule has 1 atom stereocenters. The first kappa shape index (κ1) is 15.6. The van der Waals surface area contributed by atoms with E-state index in [2.05, 4.69) is 0 Å². The fraction of sp³-hybridized carbons (Fsp3) is 0.533. The molecule has 1 unspecified atom stereocenters. The first-order valence-corrected chi connectivity index (χ1v) is 6.82. The van der Waals surface area contributed by atoms with Crippen molar-refractivity contribution in [3.05, 3.63) is 35.6 Å². The van der Waals surface area contributed by atoms with Crippen LogP contribution in [0.15, 0.2) is 24.3 Å². The molecular formula is C15H23FN2O. The molecule has 1 rings (SSSR count). The van der Waals surface area contributed by atoms with E-state index in [1.165, 1.54) is 12.1 Å². The molecule has 0 aliphatic carbocycles. The second-order valence-corrected chi connectivity index (χ2v) is 4.75. The smallest absolute Gasteiger partial charge is 0.223 e. The molecule has 0 fully saturated rings. The summed E-state index contributed by atoms with van der Waals surface area (Å²) >= 11 is 0. The van der Waals surface area contributed by atoms with Crippen molar-refractivity contribution in [1.29, 1.82) is 0 Å². The molecule has 0 heterocycles. The zero-order chi connectivity index (χ0) is 14.3. The summed E-state index contributed by atoms with van der Waals surface area (Å²) in [6, 6.07) is 6.37. The molecule has 1 aromatic carbocycles. The molecule has 0 aromatic heterocycles. The average Bonchev–Trinajstić information content (AvgIpc) is 2.41. The number of halogens is 1. The second-order valence-electron chi connectivity index (χ2n) is 4.75. The highest BCUT2D eigenvalue weighted by Gasteiger charge is 2.16. The van der Waals surface area contributed by atoms with Gasteiger partial charge < -0.3 is 10.6 Å². The topological polar surface area (TPSA) is 46.3 Å². The molecule has 106 valence electrons. The fourth-order valence-corrected chi connectivity index (χ4v) is 2.00. The summed E-state index contributed by atoms with van der Waals surface area (Å²) in [5, 5.41) is 0. The van der Waals surface area contributed by atoms with Gasteiger partial charge in [0.1, 0.15) is 5.82 Å². The van der Waals surface area contributed by atoms with Crippen LogP contribution in [0.1, 0.15) is 32.3 Å². The number of hydrogen-bond acceptors (Lipinski definition) is 2. The predicted molar refractivity (Wildman–Crippen MR) is 74.9 cm³/mol. The maximum atomic E-state index is 13.1. The lowest BCUT2D eigenvalue weighted by Gasteiger charge is -2.23. The van der Waals surface area contributed by atoms with Crippen LogP contribution in [-0.4, -0.2) is 23.9 Å². The van der Waals surface area contributed by atoms with Crippen LogP contribution in [0.5, 0.6) is 0 Å². The predicted octanol–water partition coefficient (Wildman–Crippen LogP) is 2.55. The summed E-state index contributed by atoms with van der Waals surface area (Å²) in [5.74, 6) is 0.0486. The highest BCUT2D eigenvalue weighted by Crippen LogP contribution is 2.12. The van der Waals surface area contributed by atoms with Gasteiger partial charge in [-0.05, 0) is 37.1 Å². The van der Waals surface area contributed by atoms with E-state index in [0.29, 0.717) is 26.1 Å². The molecule has 4 heteroatoms. The largest absolute Gasteiger partial charge is 0.339 e. The van der Waals surface area contributed by atoms with Crippen LogP contribution in [0.3, 0.4) is 0 Å². The second kappa shape index (κ2) is 7.89. The summed E-state index contributed by atoms with van der Waals surface area (Å²) in [6.45, 7) is 5.57. The zero-order valence-electron chi connectivity index (χ0n) is 11.7. The Morgan fingerprint density at radius 2 is 2.16 bits per heavy atom. The third-order valence-corrected chi connectivity index (χ3v) is 3.37. The van der Waals surface area contributed by atoms with Gasteiger partial charge in [-0.3, -0.25) is 4.79 Å². The minimum atomic E-state index is -0.269. The van der Waals surface area contributed by atoms with Gasteiger partial charge in [-0.1, -0.05) is 25.5 Å². The van der Waals surface area contributed by atoms with Gasteiger partial charge >= 0.3 is 0 Å². The van der Waals surface area contributed by atoms with Crippen molar-refractivity contribution in [3.63, 3.8) is 0 Å². The lowest BCUT2D eigenvalue weighted by molar-refractivity contribution is -0.132.